The summed E-state index contributed by atoms with van der Waals surface area (Å²) in [6, 6.07) is -0.380. The van der Waals surface area contributed by atoms with E-state index in [1.807, 2.05) is 0 Å². The highest BCUT2D eigenvalue weighted by Gasteiger charge is 2.39. The predicted octanol–water partition coefficient (Wildman–Crippen LogP) is 1.78. The molecule has 1 saturated carbocycles. The molecule has 0 spiro atoms. The Morgan fingerprint density at radius 3 is 2.31 bits per heavy atom. The van der Waals surface area contributed by atoms with Crippen LogP contribution >= 0.6 is 0 Å². The summed E-state index contributed by atoms with van der Waals surface area (Å²) in [5.41, 5.74) is 0. The maximum absolute atomic E-state index is 11.8. The number of hydrogen-bond donors (Lipinski definition) is 1. The summed E-state index contributed by atoms with van der Waals surface area (Å²) in [4.78, 5) is 24.5. The highest BCUT2D eigenvalue weighted by molar-refractivity contribution is 5.87. The van der Waals surface area contributed by atoms with Gasteiger partial charge in [-0.2, -0.15) is 0 Å². The van der Waals surface area contributed by atoms with Gasteiger partial charge in [0.05, 0.1) is 0 Å². The Hall–Kier alpha value is -1.06. The second kappa shape index (κ2) is 4.85. The number of rotatable bonds is 2. The Balaban J connectivity index is 2.09. The van der Waals surface area contributed by atoms with Gasteiger partial charge in [-0.25, -0.2) is 4.79 Å². The first-order valence-electron chi connectivity index (χ1n) is 6.24. The van der Waals surface area contributed by atoms with E-state index in [9.17, 15) is 9.59 Å². The summed E-state index contributed by atoms with van der Waals surface area (Å²) < 4.78 is 0. The molecule has 1 aliphatic carbocycles. The van der Waals surface area contributed by atoms with Crippen molar-refractivity contribution < 1.29 is 14.7 Å². The molecule has 1 heterocycles. The number of hydrogen-bond acceptors (Lipinski definition) is 2. The predicted molar refractivity (Wildman–Crippen MR) is 59.0 cm³/mol. The third-order valence-corrected chi connectivity index (χ3v) is 3.76. The van der Waals surface area contributed by atoms with Crippen LogP contribution in [0.2, 0.25) is 0 Å². The van der Waals surface area contributed by atoms with Crippen molar-refractivity contribution in [3.8, 4) is 0 Å². The maximum Gasteiger partial charge on any atom is 0.326 e. The van der Waals surface area contributed by atoms with Crippen molar-refractivity contribution in [3.63, 3.8) is 0 Å². The monoisotopic (exact) mass is 225 g/mol. The molecule has 1 atom stereocenters. The quantitative estimate of drug-likeness (QED) is 0.729. The van der Waals surface area contributed by atoms with E-state index >= 15 is 0 Å². The lowest BCUT2D eigenvalue weighted by molar-refractivity contribution is -0.148. The standard InChI is InChI=1S/C12H19NO3/c14-11-8-7-10(12(15)16)13(11)9-5-3-1-2-4-6-9/h9-10H,1-8H2,(H,15,16). The molecule has 1 amide bonds. The van der Waals surface area contributed by atoms with E-state index in [-0.39, 0.29) is 11.9 Å². The van der Waals surface area contributed by atoms with Gasteiger partial charge in [0, 0.05) is 12.5 Å². The van der Waals surface area contributed by atoms with E-state index < -0.39 is 12.0 Å². The minimum Gasteiger partial charge on any atom is -0.480 e. The van der Waals surface area contributed by atoms with Crippen molar-refractivity contribution in [3.05, 3.63) is 0 Å². The first kappa shape index (κ1) is 11.4. The van der Waals surface area contributed by atoms with E-state index in [0.717, 1.165) is 25.7 Å². The van der Waals surface area contributed by atoms with Crippen LogP contribution in [0.4, 0.5) is 0 Å². The molecule has 0 radical (unpaired) electrons. The van der Waals surface area contributed by atoms with E-state index in [1.54, 1.807) is 4.90 Å². The Morgan fingerprint density at radius 1 is 1.12 bits per heavy atom. The van der Waals surface area contributed by atoms with Crippen molar-refractivity contribution in [1.82, 2.24) is 4.90 Å². The zero-order valence-electron chi connectivity index (χ0n) is 9.52. The number of carboxylic acid groups (broad SMARTS) is 1. The van der Waals surface area contributed by atoms with Crippen LogP contribution in [0, 0.1) is 0 Å². The van der Waals surface area contributed by atoms with Gasteiger partial charge in [0.15, 0.2) is 0 Å². The zero-order valence-corrected chi connectivity index (χ0v) is 9.52. The van der Waals surface area contributed by atoms with Crippen molar-refractivity contribution in [1.29, 1.82) is 0 Å². The van der Waals surface area contributed by atoms with E-state index in [2.05, 4.69) is 0 Å². The highest BCUT2D eigenvalue weighted by Crippen LogP contribution is 2.29. The summed E-state index contributed by atoms with van der Waals surface area (Å²) in [7, 11) is 0. The molecule has 4 heteroatoms. The molecule has 0 aromatic carbocycles. The Labute approximate surface area is 95.6 Å². The minimum atomic E-state index is -0.838. The molecule has 1 saturated heterocycles. The number of amides is 1. The molecule has 0 bridgehead atoms. The van der Waals surface area contributed by atoms with Crippen LogP contribution in [0.15, 0.2) is 0 Å². The second-order valence-electron chi connectivity index (χ2n) is 4.84. The van der Waals surface area contributed by atoms with Crippen LogP contribution in [-0.4, -0.2) is 34.0 Å². The fourth-order valence-corrected chi connectivity index (χ4v) is 2.94. The molecule has 1 aliphatic heterocycles. The average molecular weight is 225 g/mol. The second-order valence-corrected chi connectivity index (χ2v) is 4.84. The average Bonchev–Trinajstić information content (AvgIpc) is 2.50. The van der Waals surface area contributed by atoms with Gasteiger partial charge in [-0.1, -0.05) is 25.7 Å². The fraction of sp³-hybridized carbons (Fsp3) is 0.833. The molecule has 2 fully saturated rings. The van der Waals surface area contributed by atoms with Crippen LogP contribution in [0.25, 0.3) is 0 Å². The molecular weight excluding hydrogens is 206 g/mol. The third kappa shape index (κ3) is 2.20. The minimum absolute atomic E-state index is 0.0410. The molecule has 16 heavy (non-hydrogen) atoms. The van der Waals surface area contributed by atoms with Gasteiger partial charge in [0.2, 0.25) is 5.91 Å². The molecule has 4 nitrogen and oxygen atoms in total. The number of aliphatic carboxylic acids is 1. The topological polar surface area (TPSA) is 57.6 Å². The smallest absolute Gasteiger partial charge is 0.326 e. The molecule has 2 rings (SSSR count). The zero-order chi connectivity index (χ0) is 11.5. The number of likely N-dealkylation sites (tertiary alicyclic amines) is 1. The van der Waals surface area contributed by atoms with E-state index in [1.165, 1.54) is 12.8 Å². The van der Waals surface area contributed by atoms with Crippen LogP contribution in [0.3, 0.4) is 0 Å². The van der Waals surface area contributed by atoms with Gasteiger partial charge >= 0.3 is 5.97 Å². The van der Waals surface area contributed by atoms with Crippen molar-refractivity contribution in [2.24, 2.45) is 0 Å². The summed E-state index contributed by atoms with van der Waals surface area (Å²) in [5.74, 6) is -0.797. The SMILES string of the molecule is O=C(O)C1CCC(=O)N1C1CCCCCC1. The van der Waals surface area contributed by atoms with Gasteiger partial charge in [-0.3, -0.25) is 4.79 Å². The van der Waals surface area contributed by atoms with Gasteiger partial charge in [-0.05, 0) is 19.3 Å². The lowest BCUT2D eigenvalue weighted by Crippen LogP contribution is -2.45. The van der Waals surface area contributed by atoms with Gasteiger partial charge in [0.25, 0.3) is 0 Å². The number of nitrogens with zero attached hydrogens (tertiary/aromatic N) is 1. The first-order valence-corrected chi connectivity index (χ1v) is 6.24. The molecule has 0 aromatic heterocycles. The molecule has 1 unspecified atom stereocenters. The lowest BCUT2D eigenvalue weighted by Gasteiger charge is -2.30. The first-order chi connectivity index (χ1) is 7.70. The summed E-state index contributed by atoms with van der Waals surface area (Å²) in [6.45, 7) is 0. The van der Waals surface area contributed by atoms with Crippen molar-refractivity contribution >= 4 is 11.9 Å². The molecule has 90 valence electrons. The highest BCUT2D eigenvalue weighted by atomic mass is 16.4. The van der Waals surface area contributed by atoms with Gasteiger partial charge < -0.3 is 10.0 Å². The lowest BCUT2D eigenvalue weighted by atomic mass is 10.1. The molecule has 0 aromatic rings. The third-order valence-electron chi connectivity index (χ3n) is 3.76. The van der Waals surface area contributed by atoms with Crippen LogP contribution in [0.1, 0.15) is 51.4 Å². The van der Waals surface area contributed by atoms with E-state index in [0.29, 0.717) is 12.8 Å². The summed E-state index contributed by atoms with van der Waals surface area (Å²) >= 11 is 0. The Morgan fingerprint density at radius 2 is 1.75 bits per heavy atom. The summed E-state index contributed by atoms with van der Waals surface area (Å²) in [6.07, 6.45) is 7.55. The van der Waals surface area contributed by atoms with Gasteiger partial charge in [0.1, 0.15) is 6.04 Å². The maximum atomic E-state index is 11.8. The van der Waals surface area contributed by atoms with Gasteiger partial charge in [-0.15, -0.1) is 0 Å². The van der Waals surface area contributed by atoms with Crippen LogP contribution in [-0.2, 0) is 9.59 Å². The van der Waals surface area contributed by atoms with Crippen LogP contribution < -0.4 is 0 Å². The fourth-order valence-electron chi connectivity index (χ4n) is 2.94. The van der Waals surface area contributed by atoms with Crippen molar-refractivity contribution in [2.75, 3.05) is 0 Å². The van der Waals surface area contributed by atoms with E-state index in [4.69, 9.17) is 5.11 Å². The van der Waals surface area contributed by atoms with Crippen LogP contribution in [0.5, 0.6) is 0 Å². The molecule has 2 aliphatic rings. The van der Waals surface area contributed by atoms with Crippen molar-refractivity contribution in [2.45, 2.75) is 63.5 Å². The normalized spacial score (nSPS) is 28.1. The largest absolute Gasteiger partial charge is 0.480 e. The number of carbonyl (C=O) groups is 2. The molecular formula is C12H19NO3. The number of carbonyl (C=O) groups excluding carboxylic acids is 1. The molecule has 1 N–H and O–H groups in total. The number of carboxylic acids is 1. The summed E-state index contributed by atoms with van der Waals surface area (Å²) in [5, 5.41) is 9.11. The Kier molecular flexibility index (Phi) is 3.46. The Bertz CT molecular complexity index is 282.